The number of nitrogens with zero attached hydrogens (tertiary/aromatic N) is 2. The number of carbonyl (C=O) groups is 1. The van der Waals surface area contributed by atoms with Gasteiger partial charge in [-0.05, 0) is 47.2 Å². The standard InChI is InChI=1S/C12H10BClN2O5S/c1-5-2-6(20-12-15-11(14)16-22-12)3-7-10(5)8(4-9(17)18)21-13(7)19/h2-3,8,19H,4H2,1H3,(H,17,18). The number of fused-ring (bicyclic) bond motifs is 1. The maximum absolute atomic E-state index is 10.9. The van der Waals surface area contributed by atoms with Crippen LogP contribution in [-0.2, 0) is 9.45 Å². The number of halogens is 1. The van der Waals surface area contributed by atoms with Crippen molar-refractivity contribution in [2.75, 3.05) is 0 Å². The van der Waals surface area contributed by atoms with E-state index in [1.54, 1.807) is 19.1 Å². The van der Waals surface area contributed by atoms with Crippen LogP contribution < -0.4 is 10.2 Å². The minimum atomic E-state index is -1.18. The average molecular weight is 341 g/mol. The van der Waals surface area contributed by atoms with E-state index >= 15 is 0 Å². The Hall–Kier alpha value is -1.68. The molecule has 1 atom stereocenters. The number of aromatic nitrogens is 2. The lowest BCUT2D eigenvalue weighted by Crippen LogP contribution is -2.28. The van der Waals surface area contributed by atoms with Crippen LogP contribution in [0.15, 0.2) is 12.1 Å². The molecule has 0 saturated carbocycles. The topological polar surface area (TPSA) is 102 Å². The van der Waals surface area contributed by atoms with Crippen LogP contribution in [0.25, 0.3) is 0 Å². The first-order chi connectivity index (χ1) is 10.4. The largest absolute Gasteiger partial charge is 0.492 e. The van der Waals surface area contributed by atoms with Crippen LogP contribution in [-0.4, -0.2) is 32.6 Å². The van der Waals surface area contributed by atoms with Crippen molar-refractivity contribution >= 4 is 41.7 Å². The molecule has 2 aromatic rings. The Labute approximate surface area is 134 Å². The monoisotopic (exact) mass is 340 g/mol. The van der Waals surface area contributed by atoms with Crippen LogP contribution in [0.2, 0.25) is 5.28 Å². The van der Waals surface area contributed by atoms with Gasteiger partial charge in [0.15, 0.2) is 0 Å². The third-order valence-electron chi connectivity index (χ3n) is 3.22. The zero-order valence-corrected chi connectivity index (χ0v) is 12.9. The molecule has 2 N–H and O–H groups in total. The van der Waals surface area contributed by atoms with E-state index in [0.29, 0.717) is 16.8 Å². The van der Waals surface area contributed by atoms with Gasteiger partial charge in [-0.3, -0.25) is 4.79 Å². The average Bonchev–Trinajstić information content (AvgIpc) is 2.94. The third-order valence-corrected chi connectivity index (χ3v) is 4.09. The first-order valence-electron chi connectivity index (χ1n) is 6.31. The van der Waals surface area contributed by atoms with Crippen LogP contribution in [0.1, 0.15) is 23.7 Å². The van der Waals surface area contributed by atoms with Crippen LogP contribution in [0.5, 0.6) is 10.9 Å². The molecule has 3 rings (SSSR count). The predicted molar refractivity (Wildman–Crippen MR) is 79.9 cm³/mol. The van der Waals surface area contributed by atoms with Crippen molar-refractivity contribution in [3.8, 4) is 10.9 Å². The van der Waals surface area contributed by atoms with Crippen molar-refractivity contribution < 1.29 is 24.3 Å². The molecule has 10 heteroatoms. The molecule has 0 aliphatic carbocycles. The Morgan fingerprint density at radius 1 is 1.59 bits per heavy atom. The van der Waals surface area contributed by atoms with Gasteiger partial charge in [-0.2, -0.15) is 9.36 Å². The fourth-order valence-electron chi connectivity index (χ4n) is 2.44. The number of aryl methyl sites for hydroxylation is 1. The summed E-state index contributed by atoms with van der Waals surface area (Å²) in [5.74, 6) is -0.545. The molecule has 7 nitrogen and oxygen atoms in total. The smallest absolute Gasteiger partial charge is 0.481 e. The quantitative estimate of drug-likeness (QED) is 0.814. The van der Waals surface area contributed by atoms with Gasteiger partial charge in [0.05, 0.1) is 12.5 Å². The molecule has 1 unspecified atom stereocenters. The molecular weight excluding hydrogens is 330 g/mol. The van der Waals surface area contributed by atoms with E-state index < -0.39 is 19.2 Å². The van der Waals surface area contributed by atoms with Gasteiger partial charge in [-0.1, -0.05) is 0 Å². The second kappa shape index (κ2) is 5.84. The zero-order chi connectivity index (χ0) is 15.9. The van der Waals surface area contributed by atoms with Gasteiger partial charge in [0.25, 0.3) is 5.19 Å². The number of benzene rings is 1. The van der Waals surface area contributed by atoms with Crippen molar-refractivity contribution in [3.63, 3.8) is 0 Å². The number of hydrogen-bond donors (Lipinski definition) is 2. The maximum Gasteiger partial charge on any atom is 0.492 e. The highest BCUT2D eigenvalue weighted by molar-refractivity contribution is 7.07. The molecule has 0 fully saturated rings. The molecule has 1 aliphatic rings. The van der Waals surface area contributed by atoms with E-state index in [9.17, 15) is 9.82 Å². The summed E-state index contributed by atoms with van der Waals surface area (Å²) >= 11 is 6.64. The SMILES string of the molecule is Cc1cc(Oc2nc(Cl)ns2)cc2c1C(CC(=O)O)OB2O. The van der Waals surface area contributed by atoms with Gasteiger partial charge in [0.1, 0.15) is 5.75 Å². The van der Waals surface area contributed by atoms with Crippen molar-refractivity contribution in [2.45, 2.75) is 19.4 Å². The molecule has 0 saturated heterocycles. The van der Waals surface area contributed by atoms with E-state index in [1.165, 1.54) is 0 Å². The number of carboxylic acid groups (broad SMARTS) is 1. The summed E-state index contributed by atoms with van der Waals surface area (Å²) in [4.78, 5) is 14.8. The van der Waals surface area contributed by atoms with E-state index in [1.807, 2.05) is 0 Å². The number of hydrogen-bond acceptors (Lipinski definition) is 7. The molecule has 1 aromatic heterocycles. The van der Waals surface area contributed by atoms with Crippen LogP contribution >= 0.6 is 23.1 Å². The molecule has 0 radical (unpaired) electrons. The Bertz CT molecular complexity index is 740. The van der Waals surface area contributed by atoms with Gasteiger partial charge in [0, 0.05) is 11.5 Å². The Morgan fingerprint density at radius 2 is 2.36 bits per heavy atom. The fraction of sp³-hybridized carbons (Fsp3) is 0.250. The number of aliphatic carboxylic acids is 1. The van der Waals surface area contributed by atoms with Crippen molar-refractivity contribution in [1.29, 1.82) is 0 Å². The van der Waals surface area contributed by atoms with Crippen LogP contribution in [0.3, 0.4) is 0 Å². The summed E-state index contributed by atoms with van der Waals surface area (Å²) in [7, 11) is -1.18. The fourth-order valence-corrected chi connectivity index (χ4v) is 3.12. The summed E-state index contributed by atoms with van der Waals surface area (Å²) in [6.45, 7) is 1.80. The van der Waals surface area contributed by atoms with Crippen molar-refractivity contribution in [2.24, 2.45) is 0 Å². The van der Waals surface area contributed by atoms with Gasteiger partial charge in [-0.25, -0.2) is 0 Å². The summed E-state index contributed by atoms with van der Waals surface area (Å²) in [6, 6.07) is 3.33. The van der Waals surface area contributed by atoms with Crippen LogP contribution in [0, 0.1) is 6.92 Å². The summed E-state index contributed by atoms with van der Waals surface area (Å²) in [6.07, 6.45) is -0.885. The second-order valence-corrected chi connectivity index (χ2v) is 5.80. The minimum Gasteiger partial charge on any atom is -0.481 e. The van der Waals surface area contributed by atoms with E-state index in [4.69, 9.17) is 26.1 Å². The zero-order valence-electron chi connectivity index (χ0n) is 11.3. The first kappa shape index (κ1) is 15.2. The van der Waals surface area contributed by atoms with E-state index in [2.05, 4.69) is 9.36 Å². The Morgan fingerprint density at radius 3 is 3.00 bits per heavy atom. The summed E-state index contributed by atoms with van der Waals surface area (Å²) in [5, 5.41) is 19.3. The molecule has 22 heavy (non-hydrogen) atoms. The van der Waals surface area contributed by atoms with Crippen molar-refractivity contribution in [1.82, 2.24) is 9.36 Å². The second-order valence-electron chi connectivity index (χ2n) is 4.75. The highest BCUT2D eigenvalue weighted by Gasteiger charge is 2.37. The molecule has 1 aromatic carbocycles. The lowest BCUT2D eigenvalue weighted by Gasteiger charge is -2.12. The number of rotatable bonds is 4. The van der Waals surface area contributed by atoms with Gasteiger partial charge >= 0.3 is 13.1 Å². The highest BCUT2D eigenvalue weighted by atomic mass is 35.5. The molecule has 1 aliphatic heterocycles. The number of carboxylic acids is 1. The van der Waals surface area contributed by atoms with E-state index in [-0.39, 0.29) is 16.9 Å². The lowest BCUT2D eigenvalue weighted by atomic mass is 9.77. The minimum absolute atomic E-state index is 0.0998. The normalized spacial score (nSPS) is 16.7. The molecule has 0 amide bonds. The summed E-state index contributed by atoms with van der Waals surface area (Å²) in [5.41, 5.74) is 1.94. The maximum atomic E-state index is 10.9. The van der Waals surface area contributed by atoms with Gasteiger partial charge in [-0.15, -0.1) is 0 Å². The Balaban J connectivity index is 1.92. The lowest BCUT2D eigenvalue weighted by molar-refractivity contribution is -0.138. The van der Waals surface area contributed by atoms with Crippen molar-refractivity contribution in [3.05, 3.63) is 28.5 Å². The van der Waals surface area contributed by atoms with Gasteiger partial charge < -0.3 is 19.5 Å². The molecule has 114 valence electrons. The highest BCUT2D eigenvalue weighted by Crippen LogP contribution is 2.33. The molecule has 0 bridgehead atoms. The van der Waals surface area contributed by atoms with Gasteiger partial charge in [0.2, 0.25) is 5.28 Å². The molecular formula is C12H10BClN2O5S. The van der Waals surface area contributed by atoms with E-state index in [0.717, 1.165) is 17.1 Å². The first-order valence-corrected chi connectivity index (χ1v) is 7.46. The predicted octanol–water partition coefficient (Wildman–Crippen LogP) is 1.53. The number of ether oxygens (including phenoxy) is 1. The summed E-state index contributed by atoms with van der Waals surface area (Å²) < 4.78 is 14.7. The Kier molecular flexibility index (Phi) is 4.05. The molecule has 0 spiro atoms. The van der Waals surface area contributed by atoms with Crippen LogP contribution in [0.4, 0.5) is 0 Å². The third kappa shape index (κ3) is 2.93. The molecule has 2 heterocycles.